The number of nitrogens with zero attached hydrogens (tertiary/aromatic N) is 2. The molecule has 172 valence electrons. The Bertz CT molecular complexity index is 938. The fraction of sp³-hybridized carbons (Fsp3) is 0.435. The third kappa shape index (κ3) is 6.23. The van der Waals surface area contributed by atoms with E-state index < -0.39 is 23.6 Å². The molecular weight excluding hydrogens is 416 g/mol. The maximum absolute atomic E-state index is 13.7. The Kier molecular flexibility index (Phi) is 8.10. The second-order valence-electron chi connectivity index (χ2n) is 8.02. The van der Waals surface area contributed by atoms with Gasteiger partial charge in [0.25, 0.3) is 0 Å². The number of aromatic nitrogens is 1. The summed E-state index contributed by atoms with van der Waals surface area (Å²) in [5, 5.41) is 5.61. The van der Waals surface area contributed by atoms with Crippen LogP contribution in [0, 0.1) is 11.6 Å². The van der Waals surface area contributed by atoms with Crippen molar-refractivity contribution >= 4 is 17.6 Å². The van der Waals surface area contributed by atoms with Gasteiger partial charge in [-0.25, -0.2) is 13.8 Å². The van der Waals surface area contributed by atoms with E-state index in [1.807, 2.05) is 0 Å². The highest BCUT2D eigenvalue weighted by atomic mass is 19.2. The number of nitrogen functional groups attached to an aromatic ring is 1. The summed E-state index contributed by atoms with van der Waals surface area (Å²) in [5.41, 5.74) is 6.74. The zero-order valence-electron chi connectivity index (χ0n) is 18.1. The van der Waals surface area contributed by atoms with Gasteiger partial charge in [0, 0.05) is 19.2 Å². The fourth-order valence-electron chi connectivity index (χ4n) is 3.91. The summed E-state index contributed by atoms with van der Waals surface area (Å²) in [4.78, 5) is 32.0. The first-order valence-electron chi connectivity index (χ1n) is 10.8. The van der Waals surface area contributed by atoms with Crippen LogP contribution >= 0.6 is 0 Å². The monoisotopic (exact) mass is 445 g/mol. The molecule has 2 heterocycles. The second-order valence-corrected chi connectivity index (χ2v) is 8.02. The van der Waals surface area contributed by atoms with E-state index in [-0.39, 0.29) is 24.9 Å². The largest absolute Gasteiger partial charge is 0.384 e. The topological polar surface area (TPSA) is 100 Å². The van der Waals surface area contributed by atoms with Crippen LogP contribution in [0.4, 0.5) is 14.6 Å². The van der Waals surface area contributed by atoms with Crippen molar-refractivity contribution in [3.63, 3.8) is 0 Å². The third-order valence-corrected chi connectivity index (χ3v) is 5.55. The van der Waals surface area contributed by atoms with Gasteiger partial charge in [0.15, 0.2) is 11.6 Å². The Labute approximate surface area is 186 Å². The molecule has 2 amide bonds. The van der Waals surface area contributed by atoms with E-state index in [2.05, 4.69) is 27.4 Å². The molecule has 2 aromatic rings. The number of hydrogen-bond acceptors (Lipinski definition) is 5. The maximum Gasteiger partial charge on any atom is 0.243 e. The lowest BCUT2D eigenvalue weighted by atomic mass is 10.0. The molecular formula is C23H29F2N5O2. The molecule has 1 aliphatic heterocycles. The number of amides is 2. The fourth-order valence-corrected chi connectivity index (χ4v) is 3.91. The van der Waals surface area contributed by atoms with Crippen LogP contribution in [0.3, 0.4) is 0 Å². The first-order chi connectivity index (χ1) is 15.4. The number of pyridine rings is 1. The number of anilines is 1. The van der Waals surface area contributed by atoms with E-state index in [4.69, 9.17) is 5.73 Å². The first kappa shape index (κ1) is 23.6. The first-order valence-corrected chi connectivity index (χ1v) is 10.8. The summed E-state index contributed by atoms with van der Waals surface area (Å²) in [6.07, 6.45) is 4.16. The van der Waals surface area contributed by atoms with Crippen molar-refractivity contribution < 1.29 is 18.4 Å². The number of halogens is 2. The van der Waals surface area contributed by atoms with Crippen molar-refractivity contribution in [2.24, 2.45) is 0 Å². The minimum atomic E-state index is -0.995. The minimum Gasteiger partial charge on any atom is -0.384 e. The zero-order valence-corrected chi connectivity index (χ0v) is 18.1. The SMILES string of the molecule is CCCN1CCCC1C(=O)N[C@@H](Cc1ccc(F)c(F)c1)C(=O)NCc1ccc(N)nc1. The van der Waals surface area contributed by atoms with Gasteiger partial charge in [0.1, 0.15) is 11.9 Å². The lowest BCUT2D eigenvalue weighted by Gasteiger charge is -2.26. The van der Waals surface area contributed by atoms with E-state index in [1.54, 1.807) is 18.3 Å². The van der Waals surface area contributed by atoms with Crippen molar-refractivity contribution in [2.75, 3.05) is 18.8 Å². The summed E-state index contributed by atoms with van der Waals surface area (Å²) in [6, 6.07) is 5.62. The normalized spacial score (nSPS) is 17.2. The highest BCUT2D eigenvalue weighted by molar-refractivity contribution is 5.90. The van der Waals surface area contributed by atoms with Gasteiger partial charge in [-0.1, -0.05) is 19.1 Å². The molecule has 32 heavy (non-hydrogen) atoms. The van der Waals surface area contributed by atoms with E-state index in [0.717, 1.165) is 50.0 Å². The minimum absolute atomic E-state index is 0.0370. The van der Waals surface area contributed by atoms with Crippen LogP contribution in [-0.2, 0) is 22.6 Å². The van der Waals surface area contributed by atoms with Crippen LogP contribution in [0.15, 0.2) is 36.5 Å². The molecule has 0 saturated carbocycles. The average Bonchev–Trinajstić information content (AvgIpc) is 3.24. The van der Waals surface area contributed by atoms with Gasteiger partial charge in [-0.2, -0.15) is 0 Å². The molecule has 0 bridgehead atoms. The van der Waals surface area contributed by atoms with E-state index in [1.165, 1.54) is 6.07 Å². The van der Waals surface area contributed by atoms with Crippen molar-refractivity contribution in [3.8, 4) is 0 Å². The smallest absolute Gasteiger partial charge is 0.243 e. The van der Waals surface area contributed by atoms with Crippen LogP contribution in [-0.4, -0.2) is 46.9 Å². The molecule has 2 atom stereocenters. The molecule has 0 aliphatic carbocycles. The summed E-state index contributed by atoms with van der Waals surface area (Å²) in [7, 11) is 0. The standard InChI is InChI=1S/C23H29F2N5O2/c1-2-9-30-10-3-4-20(30)23(32)29-19(12-15-5-7-17(24)18(25)11-15)22(31)28-14-16-6-8-21(26)27-13-16/h5-8,11,13,19-20H,2-4,9-10,12,14H2,1H3,(H2,26,27)(H,28,31)(H,29,32)/t19-,20?/m0/s1. The van der Waals surface area contributed by atoms with Gasteiger partial charge < -0.3 is 16.4 Å². The van der Waals surface area contributed by atoms with Gasteiger partial charge in [-0.15, -0.1) is 0 Å². The van der Waals surface area contributed by atoms with Gasteiger partial charge in [0.2, 0.25) is 11.8 Å². The van der Waals surface area contributed by atoms with Gasteiger partial charge in [-0.3, -0.25) is 14.5 Å². The summed E-state index contributed by atoms with van der Waals surface area (Å²) in [6.45, 7) is 3.90. The molecule has 1 fully saturated rings. The van der Waals surface area contributed by atoms with Crippen LogP contribution < -0.4 is 16.4 Å². The highest BCUT2D eigenvalue weighted by Gasteiger charge is 2.32. The Balaban J connectivity index is 1.71. The average molecular weight is 446 g/mol. The molecule has 1 aromatic carbocycles. The summed E-state index contributed by atoms with van der Waals surface area (Å²) >= 11 is 0. The number of likely N-dealkylation sites (tertiary alicyclic amines) is 1. The van der Waals surface area contributed by atoms with Crippen LogP contribution in [0.5, 0.6) is 0 Å². The van der Waals surface area contributed by atoms with Crippen molar-refractivity contribution in [1.29, 1.82) is 0 Å². The highest BCUT2D eigenvalue weighted by Crippen LogP contribution is 2.18. The number of nitrogens with one attached hydrogen (secondary N) is 2. The number of carbonyl (C=O) groups is 2. The maximum atomic E-state index is 13.7. The zero-order chi connectivity index (χ0) is 23.1. The molecule has 1 aromatic heterocycles. The van der Waals surface area contributed by atoms with Gasteiger partial charge >= 0.3 is 0 Å². The molecule has 1 aliphatic rings. The quantitative estimate of drug-likeness (QED) is 0.549. The van der Waals surface area contributed by atoms with Gasteiger partial charge in [-0.05, 0) is 61.7 Å². The molecule has 9 heteroatoms. The predicted molar refractivity (Wildman–Crippen MR) is 117 cm³/mol. The summed E-state index contributed by atoms with van der Waals surface area (Å²) < 4.78 is 27.0. The van der Waals surface area contributed by atoms with Crippen LogP contribution in [0.25, 0.3) is 0 Å². The number of rotatable bonds is 9. The van der Waals surface area contributed by atoms with Gasteiger partial charge in [0.05, 0.1) is 6.04 Å². The molecule has 0 radical (unpaired) electrons. The van der Waals surface area contributed by atoms with Crippen molar-refractivity contribution in [3.05, 3.63) is 59.3 Å². The Hall–Kier alpha value is -3.07. The lowest BCUT2D eigenvalue weighted by Crippen LogP contribution is -2.53. The third-order valence-electron chi connectivity index (χ3n) is 5.55. The Morgan fingerprint density at radius 2 is 2.00 bits per heavy atom. The number of nitrogens with two attached hydrogens (primary N) is 1. The molecule has 7 nitrogen and oxygen atoms in total. The van der Waals surface area contributed by atoms with E-state index >= 15 is 0 Å². The Morgan fingerprint density at radius 1 is 1.22 bits per heavy atom. The lowest BCUT2D eigenvalue weighted by molar-refractivity contribution is -0.131. The van der Waals surface area contributed by atoms with Crippen LogP contribution in [0.2, 0.25) is 0 Å². The Morgan fingerprint density at radius 3 is 2.69 bits per heavy atom. The molecule has 3 rings (SSSR count). The molecule has 1 unspecified atom stereocenters. The van der Waals surface area contributed by atoms with Crippen molar-refractivity contribution in [2.45, 2.75) is 51.2 Å². The molecule has 4 N–H and O–H groups in total. The number of hydrogen-bond donors (Lipinski definition) is 3. The number of carbonyl (C=O) groups excluding carboxylic acids is 2. The second kappa shape index (κ2) is 11.0. The van der Waals surface area contributed by atoms with E-state index in [0.29, 0.717) is 11.4 Å². The molecule has 1 saturated heterocycles. The molecule has 0 spiro atoms. The number of benzene rings is 1. The van der Waals surface area contributed by atoms with Crippen molar-refractivity contribution in [1.82, 2.24) is 20.5 Å². The van der Waals surface area contributed by atoms with Crippen LogP contribution in [0.1, 0.15) is 37.3 Å². The van der Waals surface area contributed by atoms with E-state index in [9.17, 15) is 18.4 Å². The summed E-state index contributed by atoms with van der Waals surface area (Å²) in [5.74, 6) is -2.23. The predicted octanol–water partition coefficient (Wildman–Crippen LogP) is 2.16.